The van der Waals surface area contributed by atoms with Crippen LogP contribution in [0, 0.1) is 12.7 Å². The Labute approximate surface area is 117 Å². The molecule has 1 atom stereocenters. The van der Waals surface area contributed by atoms with E-state index in [-0.39, 0.29) is 22.8 Å². The highest BCUT2D eigenvalue weighted by atomic mass is 32.2. The largest absolute Gasteiger partial charge is 0.465 e. The SMILES string of the molecule is CCOC(=O)C(C)NS(=O)(=O)c1cc(N)c(C)c(F)c1. The Kier molecular flexibility index (Phi) is 5.07. The standard InChI is InChI=1S/C12H17FN2O4S/c1-4-19-12(16)8(3)15-20(17,18)9-5-10(13)7(2)11(14)6-9/h5-6,8,15H,4,14H2,1-3H3. The van der Waals surface area contributed by atoms with Gasteiger partial charge in [-0.15, -0.1) is 0 Å². The van der Waals surface area contributed by atoms with Crippen LogP contribution in [-0.2, 0) is 19.6 Å². The molecule has 0 fully saturated rings. The van der Waals surface area contributed by atoms with Crippen LogP contribution in [0.4, 0.5) is 10.1 Å². The summed E-state index contributed by atoms with van der Waals surface area (Å²) >= 11 is 0. The van der Waals surface area contributed by atoms with Crippen molar-refractivity contribution < 1.29 is 22.3 Å². The maximum Gasteiger partial charge on any atom is 0.323 e. The Morgan fingerprint density at radius 2 is 2.10 bits per heavy atom. The summed E-state index contributed by atoms with van der Waals surface area (Å²) in [6.07, 6.45) is 0. The summed E-state index contributed by atoms with van der Waals surface area (Å²) in [5, 5.41) is 0. The number of carbonyl (C=O) groups excluding carboxylic acids is 1. The van der Waals surface area contributed by atoms with E-state index >= 15 is 0 Å². The zero-order valence-electron chi connectivity index (χ0n) is 11.4. The third-order valence-corrected chi connectivity index (χ3v) is 4.16. The van der Waals surface area contributed by atoms with Gasteiger partial charge in [0.2, 0.25) is 10.0 Å². The first-order valence-electron chi connectivity index (χ1n) is 5.93. The Hall–Kier alpha value is -1.67. The van der Waals surface area contributed by atoms with Gasteiger partial charge in [-0.25, -0.2) is 12.8 Å². The topological polar surface area (TPSA) is 98.5 Å². The first kappa shape index (κ1) is 16.4. The van der Waals surface area contributed by atoms with Gasteiger partial charge in [-0.1, -0.05) is 0 Å². The molecule has 1 unspecified atom stereocenters. The highest BCUT2D eigenvalue weighted by Gasteiger charge is 2.24. The second-order valence-corrected chi connectivity index (χ2v) is 5.93. The quantitative estimate of drug-likeness (QED) is 0.623. The van der Waals surface area contributed by atoms with Gasteiger partial charge < -0.3 is 10.5 Å². The van der Waals surface area contributed by atoms with Gasteiger partial charge in [-0.05, 0) is 32.9 Å². The molecule has 112 valence electrons. The summed E-state index contributed by atoms with van der Waals surface area (Å²) < 4.78 is 44.4. The van der Waals surface area contributed by atoms with E-state index in [1.807, 2.05) is 0 Å². The zero-order valence-corrected chi connectivity index (χ0v) is 12.3. The van der Waals surface area contributed by atoms with Gasteiger partial charge in [-0.2, -0.15) is 4.72 Å². The van der Waals surface area contributed by atoms with E-state index in [4.69, 9.17) is 5.73 Å². The van der Waals surface area contributed by atoms with Crippen molar-refractivity contribution in [2.45, 2.75) is 31.7 Å². The van der Waals surface area contributed by atoms with Crippen molar-refractivity contribution in [3.05, 3.63) is 23.5 Å². The number of benzene rings is 1. The first-order valence-corrected chi connectivity index (χ1v) is 7.42. The van der Waals surface area contributed by atoms with Crippen molar-refractivity contribution in [3.63, 3.8) is 0 Å². The first-order chi connectivity index (χ1) is 9.19. The Balaban J connectivity index is 3.03. The second-order valence-electron chi connectivity index (χ2n) is 4.21. The minimum absolute atomic E-state index is 0.0224. The third kappa shape index (κ3) is 3.67. The van der Waals surface area contributed by atoms with E-state index in [2.05, 4.69) is 9.46 Å². The van der Waals surface area contributed by atoms with Crippen LogP contribution in [0.25, 0.3) is 0 Å². The van der Waals surface area contributed by atoms with E-state index in [0.717, 1.165) is 12.1 Å². The predicted octanol–water partition coefficient (Wildman–Crippen LogP) is 0.946. The molecular weight excluding hydrogens is 287 g/mol. The van der Waals surface area contributed by atoms with Crippen molar-refractivity contribution >= 4 is 21.7 Å². The molecular formula is C12H17FN2O4S. The van der Waals surface area contributed by atoms with Gasteiger partial charge in [0.05, 0.1) is 11.5 Å². The van der Waals surface area contributed by atoms with Crippen LogP contribution in [0.15, 0.2) is 17.0 Å². The zero-order chi connectivity index (χ0) is 15.5. The molecule has 1 rings (SSSR count). The van der Waals surface area contributed by atoms with E-state index in [1.54, 1.807) is 6.92 Å². The number of nitrogens with one attached hydrogen (secondary N) is 1. The number of hydrogen-bond acceptors (Lipinski definition) is 5. The molecule has 0 aliphatic heterocycles. The van der Waals surface area contributed by atoms with E-state index in [9.17, 15) is 17.6 Å². The summed E-state index contributed by atoms with van der Waals surface area (Å²) in [7, 11) is -4.06. The molecule has 0 amide bonds. The van der Waals surface area contributed by atoms with Crippen LogP contribution in [-0.4, -0.2) is 27.0 Å². The molecule has 0 saturated heterocycles. The molecule has 0 aliphatic carbocycles. The maximum atomic E-state index is 13.5. The monoisotopic (exact) mass is 304 g/mol. The normalized spacial score (nSPS) is 13.0. The number of halogens is 1. The lowest BCUT2D eigenvalue weighted by molar-refractivity contribution is -0.144. The summed E-state index contributed by atoms with van der Waals surface area (Å²) in [4.78, 5) is 11.1. The summed E-state index contributed by atoms with van der Waals surface area (Å²) in [6.45, 7) is 4.52. The molecule has 3 N–H and O–H groups in total. The van der Waals surface area contributed by atoms with Crippen molar-refractivity contribution in [2.75, 3.05) is 12.3 Å². The van der Waals surface area contributed by atoms with Crippen LogP contribution in [0.3, 0.4) is 0 Å². The Morgan fingerprint density at radius 3 is 2.60 bits per heavy atom. The van der Waals surface area contributed by atoms with Gasteiger partial charge in [-0.3, -0.25) is 4.79 Å². The van der Waals surface area contributed by atoms with E-state index in [0.29, 0.717) is 0 Å². The number of rotatable bonds is 5. The number of nitrogen functional groups attached to an aromatic ring is 1. The minimum atomic E-state index is -4.06. The summed E-state index contributed by atoms with van der Waals surface area (Å²) in [5.41, 5.74) is 5.72. The smallest absolute Gasteiger partial charge is 0.323 e. The van der Waals surface area contributed by atoms with Crippen LogP contribution < -0.4 is 10.5 Å². The Bertz CT molecular complexity index is 593. The fraction of sp³-hybridized carbons (Fsp3) is 0.417. The molecule has 8 heteroatoms. The highest BCUT2D eigenvalue weighted by molar-refractivity contribution is 7.89. The summed E-state index contributed by atoms with van der Waals surface area (Å²) in [5.74, 6) is -1.44. The number of ether oxygens (including phenoxy) is 1. The lowest BCUT2D eigenvalue weighted by Crippen LogP contribution is -2.39. The average molecular weight is 304 g/mol. The number of carbonyl (C=O) groups is 1. The molecule has 1 aromatic carbocycles. The molecule has 20 heavy (non-hydrogen) atoms. The average Bonchev–Trinajstić information content (AvgIpc) is 2.35. The lowest BCUT2D eigenvalue weighted by atomic mass is 10.2. The van der Waals surface area contributed by atoms with Crippen molar-refractivity contribution in [2.24, 2.45) is 0 Å². The van der Waals surface area contributed by atoms with Crippen molar-refractivity contribution in [1.82, 2.24) is 4.72 Å². The maximum absolute atomic E-state index is 13.5. The highest BCUT2D eigenvalue weighted by Crippen LogP contribution is 2.21. The molecule has 0 heterocycles. The van der Waals surface area contributed by atoms with Gasteiger partial charge in [0, 0.05) is 11.3 Å². The molecule has 6 nitrogen and oxygen atoms in total. The predicted molar refractivity (Wildman–Crippen MR) is 72.0 cm³/mol. The number of anilines is 1. The number of esters is 1. The molecule has 0 aliphatic rings. The van der Waals surface area contributed by atoms with Crippen LogP contribution >= 0.6 is 0 Å². The molecule has 0 bridgehead atoms. The third-order valence-electron chi connectivity index (χ3n) is 2.64. The molecule has 0 saturated carbocycles. The van der Waals surface area contributed by atoms with Gasteiger partial charge >= 0.3 is 5.97 Å². The molecule has 0 aromatic heterocycles. The lowest BCUT2D eigenvalue weighted by Gasteiger charge is -2.14. The van der Waals surface area contributed by atoms with Gasteiger partial charge in [0.1, 0.15) is 11.9 Å². The van der Waals surface area contributed by atoms with Crippen molar-refractivity contribution in [3.8, 4) is 0 Å². The van der Waals surface area contributed by atoms with E-state index in [1.165, 1.54) is 13.8 Å². The molecule has 0 spiro atoms. The van der Waals surface area contributed by atoms with Gasteiger partial charge in [0.15, 0.2) is 0 Å². The number of hydrogen-bond donors (Lipinski definition) is 2. The molecule has 0 radical (unpaired) electrons. The second kappa shape index (κ2) is 6.19. The molecule has 1 aromatic rings. The summed E-state index contributed by atoms with van der Waals surface area (Å²) in [6, 6.07) is 0.912. The number of sulfonamides is 1. The van der Waals surface area contributed by atoms with Crippen LogP contribution in [0.5, 0.6) is 0 Å². The van der Waals surface area contributed by atoms with E-state index < -0.39 is 27.9 Å². The van der Waals surface area contributed by atoms with Crippen molar-refractivity contribution in [1.29, 1.82) is 0 Å². The minimum Gasteiger partial charge on any atom is -0.465 e. The number of nitrogens with two attached hydrogens (primary N) is 1. The van der Waals surface area contributed by atoms with Crippen LogP contribution in [0.1, 0.15) is 19.4 Å². The van der Waals surface area contributed by atoms with Crippen LogP contribution in [0.2, 0.25) is 0 Å². The fourth-order valence-corrected chi connectivity index (χ4v) is 2.68. The fourth-order valence-electron chi connectivity index (χ4n) is 1.45. The van der Waals surface area contributed by atoms with Gasteiger partial charge in [0.25, 0.3) is 0 Å². The Morgan fingerprint density at radius 1 is 1.50 bits per heavy atom.